The number of nitrogens with zero attached hydrogens (tertiary/aromatic N) is 3. The highest BCUT2D eigenvalue weighted by Gasteiger charge is 2.40. The van der Waals surface area contributed by atoms with E-state index in [1.165, 1.54) is 17.0 Å². The molecule has 1 aromatic carbocycles. The van der Waals surface area contributed by atoms with Gasteiger partial charge in [-0.1, -0.05) is 25.1 Å². The molecule has 2 heterocycles. The lowest BCUT2D eigenvalue weighted by Crippen LogP contribution is -2.47. The van der Waals surface area contributed by atoms with Crippen molar-refractivity contribution < 1.29 is 27.9 Å². The molecule has 0 bridgehead atoms. The van der Waals surface area contributed by atoms with Crippen LogP contribution < -0.4 is 5.32 Å². The Kier molecular flexibility index (Phi) is 5.30. The first-order valence-electron chi connectivity index (χ1n) is 8.66. The van der Waals surface area contributed by atoms with Crippen LogP contribution in [0.4, 0.5) is 23.7 Å². The number of nitrogens with one attached hydrogen (secondary N) is 1. The highest BCUT2D eigenvalue weighted by atomic mass is 19.4. The van der Waals surface area contributed by atoms with Gasteiger partial charge in [-0.05, 0) is 24.5 Å². The normalized spacial score (nSPS) is 20.1. The van der Waals surface area contributed by atoms with Crippen LogP contribution in [-0.4, -0.2) is 44.9 Å². The van der Waals surface area contributed by atoms with E-state index in [0.717, 1.165) is 6.20 Å². The van der Waals surface area contributed by atoms with Crippen LogP contribution in [0.15, 0.2) is 36.5 Å². The number of hydrogen-bond donors (Lipinski definition) is 2. The lowest BCUT2D eigenvalue weighted by molar-refractivity contribution is -0.144. The molecule has 0 spiro atoms. The minimum absolute atomic E-state index is 0.0559. The lowest BCUT2D eigenvalue weighted by atomic mass is 9.91. The molecule has 3 rings (SSSR count). The molecule has 7 nitrogen and oxygen atoms in total. The number of benzene rings is 1. The van der Waals surface area contributed by atoms with Gasteiger partial charge in [-0.15, -0.1) is 0 Å². The number of aromatic nitrogens is 2. The van der Waals surface area contributed by atoms with Crippen molar-refractivity contribution in [2.75, 3.05) is 18.4 Å². The summed E-state index contributed by atoms with van der Waals surface area (Å²) < 4.78 is 41.7. The number of aliphatic carboxylic acids is 1. The summed E-state index contributed by atoms with van der Waals surface area (Å²) in [4.78, 5) is 25.0. The van der Waals surface area contributed by atoms with Gasteiger partial charge in [0.15, 0.2) is 5.69 Å². The number of piperidine rings is 1. The standard InChI is InChI=1S/C18H19F3N4O3/c1-11-7-12(16(26)27)10-24(9-11)17(28)23-14-8-22-25(15(14)18(19,20)21)13-5-3-2-4-6-13/h2-6,8,11-12H,7,9-10H2,1H3,(H,23,28)(H,26,27). The highest BCUT2D eigenvalue weighted by Crippen LogP contribution is 2.36. The monoisotopic (exact) mass is 396 g/mol. The molecule has 2 unspecified atom stereocenters. The second kappa shape index (κ2) is 7.53. The van der Waals surface area contributed by atoms with Crippen molar-refractivity contribution in [3.63, 3.8) is 0 Å². The number of carbonyl (C=O) groups excluding carboxylic acids is 1. The van der Waals surface area contributed by atoms with E-state index < -0.39 is 35.5 Å². The van der Waals surface area contributed by atoms with E-state index in [4.69, 9.17) is 0 Å². The van der Waals surface area contributed by atoms with Gasteiger partial charge in [-0.25, -0.2) is 9.48 Å². The molecule has 10 heteroatoms. The second-order valence-corrected chi connectivity index (χ2v) is 6.86. The number of alkyl halides is 3. The molecular formula is C18H19F3N4O3. The third-order valence-corrected chi connectivity index (χ3v) is 4.58. The zero-order valence-corrected chi connectivity index (χ0v) is 15.0. The number of halogens is 3. The number of amides is 2. The Balaban J connectivity index is 1.87. The number of urea groups is 1. The van der Waals surface area contributed by atoms with Crippen molar-refractivity contribution in [1.82, 2.24) is 14.7 Å². The predicted octanol–water partition coefficient (Wildman–Crippen LogP) is 3.47. The van der Waals surface area contributed by atoms with Crippen LogP contribution >= 0.6 is 0 Å². The average Bonchev–Trinajstić information content (AvgIpc) is 3.06. The number of likely N-dealkylation sites (tertiary alicyclic amines) is 1. The van der Waals surface area contributed by atoms with Crippen LogP contribution in [0.25, 0.3) is 5.69 Å². The third kappa shape index (κ3) is 4.10. The Morgan fingerprint density at radius 2 is 1.89 bits per heavy atom. The fourth-order valence-corrected chi connectivity index (χ4v) is 3.37. The summed E-state index contributed by atoms with van der Waals surface area (Å²) in [6.07, 6.45) is -3.40. The Morgan fingerprint density at radius 1 is 1.21 bits per heavy atom. The summed E-state index contributed by atoms with van der Waals surface area (Å²) in [6.45, 7) is 2.01. The van der Waals surface area contributed by atoms with Gasteiger partial charge in [-0.3, -0.25) is 4.79 Å². The summed E-state index contributed by atoms with van der Waals surface area (Å²) >= 11 is 0. The molecule has 0 aliphatic carbocycles. The van der Waals surface area contributed by atoms with Crippen LogP contribution in [0, 0.1) is 11.8 Å². The van der Waals surface area contributed by atoms with Gasteiger partial charge in [0, 0.05) is 13.1 Å². The average molecular weight is 396 g/mol. The maximum absolute atomic E-state index is 13.6. The van der Waals surface area contributed by atoms with Crippen molar-refractivity contribution in [2.45, 2.75) is 19.5 Å². The Morgan fingerprint density at radius 3 is 2.50 bits per heavy atom. The minimum atomic E-state index is -4.76. The Bertz CT molecular complexity index is 867. The molecule has 1 fully saturated rings. The number of rotatable bonds is 3. The number of anilines is 1. The molecule has 1 aliphatic heterocycles. The molecule has 28 heavy (non-hydrogen) atoms. The van der Waals surface area contributed by atoms with Crippen molar-refractivity contribution in [3.8, 4) is 5.69 Å². The van der Waals surface area contributed by atoms with Crippen molar-refractivity contribution in [2.24, 2.45) is 11.8 Å². The molecule has 0 saturated carbocycles. The van der Waals surface area contributed by atoms with Gasteiger partial charge in [0.25, 0.3) is 0 Å². The largest absolute Gasteiger partial charge is 0.481 e. The van der Waals surface area contributed by atoms with Gasteiger partial charge >= 0.3 is 18.2 Å². The second-order valence-electron chi connectivity index (χ2n) is 6.86. The first-order chi connectivity index (χ1) is 13.2. The van der Waals surface area contributed by atoms with E-state index in [1.807, 2.05) is 0 Å². The molecular weight excluding hydrogens is 377 g/mol. The van der Waals surface area contributed by atoms with Crippen LogP contribution in [0.2, 0.25) is 0 Å². The summed E-state index contributed by atoms with van der Waals surface area (Å²) in [5, 5.41) is 15.2. The van der Waals surface area contributed by atoms with Crippen molar-refractivity contribution in [1.29, 1.82) is 0 Å². The molecule has 1 aromatic heterocycles. The number of carboxylic acid groups (broad SMARTS) is 1. The van der Waals surface area contributed by atoms with Crippen molar-refractivity contribution in [3.05, 3.63) is 42.2 Å². The molecule has 1 saturated heterocycles. The summed E-state index contributed by atoms with van der Waals surface area (Å²) in [5.41, 5.74) is -1.38. The summed E-state index contributed by atoms with van der Waals surface area (Å²) in [5.74, 6) is -1.85. The fourth-order valence-electron chi connectivity index (χ4n) is 3.37. The minimum Gasteiger partial charge on any atom is -0.481 e. The van der Waals surface area contributed by atoms with E-state index in [0.29, 0.717) is 11.1 Å². The molecule has 150 valence electrons. The van der Waals surface area contributed by atoms with E-state index >= 15 is 0 Å². The first-order valence-corrected chi connectivity index (χ1v) is 8.66. The smallest absolute Gasteiger partial charge is 0.435 e. The fraction of sp³-hybridized carbons (Fsp3) is 0.389. The molecule has 2 amide bonds. The predicted molar refractivity (Wildman–Crippen MR) is 94.1 cm³/mol. The van der Waals surface area contributed by atoms with Crippen LogP contribution in [0.5, 0.6) is 0 Å². The molecule has 2 N–H and O–H groups in total. The van der Waals surface area contributed by atoms with Crippen LogP contribution in [-0.2, 0) is 11.0 Å². The van der Waals surface area contributed by atoms with E-state index in [2.05, 4.69) is 10.4 Å². The molecule has 0 radical (unpaired) electrons. The number of hydrogen-bond acceptors (Lipinski definition) is 3. The molecule has 2 aromatic rings. The highest BCUT2D eigenvalue weighted by molar-refractivity contribution is 5.90. The number of para-hydroxylation sites is 1. The molecule has 1 aliphatic rings. The quantitative estimate of drug-likeness (QED) is 0.832. The van der Waals surface area contributed by atoms with E-state index in [-0.39, 0.29) is 24.7 Å². The van der Waals surface area contributed by atoms with Gasteiger partial charge in [0.05, 0.1) is 23.5 Å². The van der Waals surface area contributed by atoms with Crippen LogP contribution in [0.1, 0.15) is 19.0 Å². The maximum Gasteiger partial charge on any atom is 0.435 e. The Labute approximate surface area is 158 Å². The van der Waals surface area contributed by atoms with E-state index in [9.17, 15) is 27.9 Å². The molecule has 2 atom stereocenters. The van der Waals surface area contributed by atoms with Gasteiger partial charge in [0.2, 0.25) is 0 Å². The summed E-state index contributed by atoms with van der Waals surface area (Å²) in [7, 11) is 0. The van der Waals surface area contributed by atoms with Crippen LogP contribution in [0.3, 0.4) is 0 Å². The first kappa shape index (κ1) is 19.7. The Hall–Kier alpha value is -3.04. The zero-order valence-electron chi connectivity index (χ0n) is 15.0. The number of carbonyl (C=O) groups is 2. The SMILES string of the molecule is CC1CC(C(=O)O)CN(C(=O)Nc2cnn(-c3ccccc3)c2C(F)(F)F)C1. The van der Waals surface area contributed by atoms with Gasteiger partial charge in [-0.2, -0.15) is 18.3 Å². The maximum atomic E-state index is 13.6. The van der Waals surface area contributed by atoms with Gasteiger partial charge < -0.3 is 15.3 Å². The lowest BCUT2D eigenvalue weighted by Gasteiger charge is -2.34. The number of carboxylic acids is 1. The van der Waals surface area contributed by atoms with E-state index in [1.54, 1.807) is 25.1 Å². The zero-order chi connectivity index (χ0) is 20.5. The summed E-state index contributed by atoms with van der Waals surface area (Å²) in [6, 6.07) is 6.98. The topological polar surface area (TPSA) is 87.5 Å². The third-order valence-electron chi connectivity index (χ3n) is 4.58. The van der Waals surface area contributed by atoms with Crippen molar-refractivity contribution >= 4 is 17.7 Å². The van der Waals surface area contributed by atoms with Gasteiger partial charge in [0.1, 0.15) is 0 Å².